The fraction of sp³-hybridized carbons (Fsp3) is 0.773. The van der Waals surface area contributed by atoms with Crippen LogP contribution in [0, 0.1) is 13.8 Å². The lowest BCUT2D eigenvalue weighted by molar-refractivity contribution is -0.0755. The number of rotatable bonds is 5. The molecule has 3 unspecified atom stereocenters. The largest absolute Gasteiger partial charge is 0.444 e. The van der Waals surface area contributed by atoms with Gasteiger partial charge in [0.05, 0.1) is 17.8 Å². The maximum absolute atomic E-state index is 12.9. The van der Waals surface area contributed by atoms with Crippen LogP contribution in [0.15, 0.2) is 9.52 Å². The standard InChI is InChI=1S/C22H39N5O4/c1-13(18-14(2)26-31-16(18)4)11-24-19(23-10)25-12-17-15(3)29-22(8,9)27(17)20(28)30-21(5,6)7/h13,15,17H,11-12H2,1-10H3,(H2,23,24,25). The van der Waals surface area contributed by atoms with Crippen molar-refractivity contribution in [2.75, 3.05) is 20.1 Å². The van der Waals surface area contributed by atoms with Gasteiger partial charge in [0.2, 0.25) is 0 Å². The maximum Gasteiger partial charge on any atom is 0.412 e. The van der Waals surface area contributed by atoms with Gasteiger partial charge in [-0.25, -0.2) is 4.79 Å². The molecule has 31 heavy (non-hydrogen) atoms. The Morgan fingerprint density at radius 3 is 2.48 bits per heavy atom. The topological polar surface area (TPSA) is 101 Å². The summed E-state index contributed by atoms with van der Waals surface area (Å²) in [6.07, 6.45) is -0.544. The van der Waals surface area contributed by atoms with Crippen LogP contribution in [-0.2, 0) is 9.47 Å². The third-order valence-electron chi connectivity index (χ3n) is 5.38. The number of amides is 1. The van der Waals surface area contributed by atoms with Crippen molar-refractivity contribution in [1.29, 1.82) is 0 Å². The Morgan fingerprint density at radius 2 is 1.97 bits per heavy atom. The molecule has 1 aliphatic rings. The molecule has 1 fully saturated rings. The van der Waals surface area contributed by atoms with Gasteiger partial charge < -0.3 is 24.6 Å². The Bertz CT molecular complexity index is 777. The summed E-state index contributed by atoms with van der Waals surface area (Å²) >= 11 is 0. The van der Waals surface area contributed by atoms with Crippen LogP contribution in [0.2, 0.25) is 0 Å². The Hall–Kier alpha value is -2.29. The molecule has 2 heterocycles. The highest BCUT2D eigenvalue weighted by Gasteiger charge is 2.49. The normalized spacial score (nSPS) is 22.4. The molecule has 0 spiro atoms. The quantitative estimate of drug-likeness (QED) is 0.538. The lowest BCUT2D eigenvalue weighted by Gasteiger charge is -2.35. The fourth-order valence-electron chi connectivity index (χ4n) is 4.09. The van der Waals surface area contributed by atoms with Crippen LogP contribution >= 0.6 is 0 Å². The van der Waals surface area contributed by atoms with E-state index in [0.717, 1.165) is 17.0 Å². The number of nitrogens with one attached hydrogen (secondary N) is 2. The van der Waals surface area contributed by atoms with Crippen molar-refractivity contribution in [3.8, 4) is 0 Å². The molecule has 1 amide bonds. The van der Waals surface area contributed by atoms with E-state index >= 15 is 0 Å². The highest BCUT2D eigenvalue weighted by atomic mass is 16.6. The van der Waals surface area contributed by atoms with Gasteiger partial charge >= 0.3 is 6.09 Å². The Kier molecular flexibility index (Phi) is 7.62. The van der Waals surface area contributed by atoms with Gasteiger partial charge in [0.1, 0.15) is 17.1 Å². The van der Waals surface area contributed by atoms with E-state index in [0.29, 0.717) is 19.0 Å². The van der Waals surface area contributed by atoms with Crippen molar-refractivity contribution in [2.45, 2.75) is 91.7 Å². The van der Waals surface area contributed by atoms with Gasteiger partial charge in [0.25, 0.3) is 0 Å². The van der Waals surface area contributed by atoms with E-state index < -0.39 is 11.3 Å². The smallest absolute Gasteiger partial charge is 0.412 e. The molecule has 0 radical (unpaired) electrons. The molecule has 2 N–H and O–H groups in total. The minimum Gasteiger partial charge on any atom is -0.444 e. The SMILES string of the molecule is CN=C(NCC(C)c1c(C)noc1C)NCC1C(C)OC(C)(C)N1C(=O)OC(C)(C)C. The first-order chi connectivity index (χ1) is 14.3. The molecule has 0 bridgehead atoms. The first-order valence-corrected chi connectivity index (χ1v) is 10.8. The first kappa shape index (κ1) is 25.0. The van der Waals surface area contributed by atoms with Crippen LogP contribution in [0.1, 0.15) is 71.4 Å². The van der Waals surface area contributed by atoms with Crippen LogP contribution in [0.5, 0.6) is 0 Å². The predicted molar refractivity (Wildman–Crippen MR) is 120 cm³/mol. The van der Waals surface area contributed by atoms with Crippen LogP contribution in [-0.4, -0.2) is 65.7 Å². The zero-order valence-corrected chi connectivity index (χ0v) is 20.6. The maximum atomic E-state index is 12.9. The molecule has 2 rings (SSSR count). The van der Waals surface area contributed by atoms with Gasteiger partial charge in [-0.05, 0) is 55.4 Å². The third-order valence-corrected chi connectivity index (χ3v) is 5.38. The Balaban J connectivity index is 2.01. The number of carbonyl (C=O) groups excluding carboxylic acids is 1. The number of aliphatic imine (C=N–C) groups is 1. The summed E-state index contributed by atoms with van der Waals surface area (Å²) in [5.74, 6) is 1.69. The molecule has 1 aromatic heterocycles. The van der Waals surface area contributed by atoms with Crippen molar-refractivity contribution >= 4 is 12.1 Å². The molecular formula is C22H39N5O4. The van der Waals surface area contributed by atoms with Gasteiger partial charge in [-0.1, -0.05) is 12.1 Å². The number of aromatic nitrogens is 1. The van der Waals surface area contributed by atoms with Crippen molar-refractivity contribution in [3.63, 3.8) is 0 Å². The molecule has 9 nitrogen and oxygen atoms in total. The van der Waals surface area contributed by atoms with Gasteiger partial charge in [-0.3, -0.25) is 9.89 Å². The van der Waals surface area contributed by atoms with E-state index in [9.17, 15) is 4.79 Å². The van der Waals surface area contributed by atoms with E-state index in [1.807, 2.05) is 55.4 Å². The predicted octanol–water partition coefficient (Wildman–Crippen LogP) is 3.32. The van der Waals surface area contributed by atoms with E-state index in [-0.39, 0.29) is 24.2 Å². The molecule has 0 aliphatic carbocycles. The number of hydrogen-bond donors (Lipinski definition) is 2. The number of carbonyl (C=O) groups is 1. The van der Waals surface area contributed by atoms with Crippen molar-refractivity contribution in [1.82, 2.24) is 20.7 Å². The Labute approximate surface area is 185 Å². The lowest BCUT2D eigenvalue weighted by Crippen LogP contribution is -2.54. The number of nitrogens with zero attached hydrogens (tertiary/aromatic N) is 3. The molecule has 176 valence electrons. The molecule has 0 saturated carbocycles. The highest BCUT2D eigenvalue weighted by molar-refractivity contribution is 5.80. The molecule has 1 saturated heterocycles. The first-order valence-electron chi connectivity index (χ1n) is 10.8. The average molecular weight is 438 g/mol. The third kappa shape index (κ3) is 6.12. The zero-order valence-electron chi connectivity index (χ0n) is 20.6. The molecule has 9 heteroatoms. The number of guanidine groups is 1. The van der Waals surface area contributed by atoms with E-state index in [1.54, 1.807) is 11.9 Å². The number of ether oxygens (including phenoxy) is 2. The van der Waals surface area contributed by atoms with Crippen LogP contribution in [0.25, 0.3) is 0 Å². The second-order valence-corrected chi connectivity index (χ2v) is 9.66. The van der Waals surface area contributed by atoms with E-state index in [1.165, 1.54) is 0 Å². The second-order valence-electron chi connectivity index (χ2n) is 9.66. The fourth-order valence-corrected chi connectivity index (χ4v) is 4.09. The average Bonchev–Trinajstić information content (AvgIpc) is 3.07. The summed E-state index contributed by atoms with van der Waals surface area (Å²) in [7, 11) is 1.72. The summed E-state index contributed by atoms with van der Waals surface area (Å²) in [6.45, 7) is 18.4. The van der Waals surface area contributed by atoms with Crippen LogP contribution in [0.3, 0.4) is 0 Å². The minimum absolute atomic E-state index is 0.158. The van der Waals surface area contributed by atoms with Gasteiger partial charge in [0, 0.05) is 31.6 Å². The van der Waals surface area contributed by atoms with E-state index in [2.05, 4.69) is 27.7 Å². The van der Waals surface area contributed by atoms with Gasteiger partial charge in [-0.15, -0.1) is 0 Å². The number of hydrogen-bond acceptors (Lipinski definition) is 6. The van der Waals surface area contributed by atoms with Crippen molar-refractivity contribution in [2.24, 2.45) is 4.99 Å². The van der Waals surface area contributed by atoms with Crippen molar-refractivity contribution < 1.29 is 18.8 Å². The lowest BCUT2D eigenvalue weighted by atomic mass is 10.00. The van der Waals surface area contributed by atoms with Crippen molar-refractivity contribution in [3.05, 3.63) is 17.0 Å². The minimum atomic E-state index is -0.761. The summed E-state index contributed by atoms with van der Waals surface area (Å²) in [5, 5.41) is 10.7. The molecule has 3 atom stereocenters. The summed E-state index contributed by atoms with van der Waals surface area (Å²) < 4.78 is 17.0. The Morgan fingerprint density at radius 1 is 1.32 bits per heavy atom. The molecule has 0 aromatic carbocycles. The zero-order chi connectivity index (χ0) is 23.6. The monoisotopic (exact) mass is 437 g/mol. The highest BCUT2D eigenvalue weighted by Crippen LogP contribution is 2.33. The molecule has 1 aromatic rings. The summed E-state index contributed by atoms with van der Waals surface area (Å²) in [4.78, 5) is 18.9. The van der Waals surface area contributed by atoms with Crippen LogP contribution < -0.4 is 10.6 Å². The number of aryl methyl sites for hydroxylation is 2. The second kappa shape index (κ2) is 9.46. The van der Waals surface area contributed by atoms with Gasteiger partial charge in [0.15, 0.2) is 5.96 Å². The molecular weight excluding hydrogens is 398 g/mol. The summed E-state index contributed by atoms with van der Waals surface area (Å²) in [5.41, 5.74) is 0.673. The summed E-state index contributed by atoms with van der Waals surface area (Å²) in [6, 6.07) is -0.205. The van der Waals surface area contributed by atoms with Gasteiger partial charge in [-0.2, -0.15) is 0 Å². The van der Waals surface area contributed by atoms with E-state index in [4.69, 9.17) is 14.0 Å². The molecule has 1 aliphatic heterocycles. The van der Waals surface area contributed by atoms with Crippen LogP contribution in [0.4, 0.5) is 4.79 Å².